The van der Waals surface area contributed by atoms with Gasteiger partial charge in [0, 0.05) is 6.20 Å². The van der Waals surface area contributed by atoms with Gasteiger partial charge in [0.2, 0.25) is 0 Å². The molecule has 1 saturated heterocycles. The monoisotopic (exact) mass is 263 g/mol. The van der Waals surface area contributed by atoms with E-state index in [1.165, 1.54) is 0 Å². The standard InChI is InChI=1S/C13H21N5O/c14-9-11-4-7-18(8-5-11)10-13(19)17-16-12-3-1-2-6-15-12/h1-3,6,11H,4-5,7-10,14H2,(H,15,16)(H,17,19). The van der Waals surface area contributed by atoms with Crippen molar-refractivity contribution in [3.8, 4) is 0 Å². The highest BCUT2D eigenvalue weighted by Gasteiger charge is 2.19. The third-order valence-electron chi connectivity index (χ3n) is 3.40. The molecule has 0 bridgehead atoms. The molecule has 19 heavy (non-hydrogen) atoms. The number of nitrogens with one attached hydrogen (secondary N) is 2. The molecule has 1 aromatic rings. The molecule has 0 aromatic carbocycles. The predicted octanol–water partition coefficient (Wildman–Crippen LogP) is 0.195. The van der Waals surface area contributed by atoms with Gasteiger partial charge in [-0.05, 0) is 50.5 Å². The zero-order valence-electron chi connectivity index (χ0n) is 11.0. The summed E-state index contributed by atoms with van der Waals surface area (Å²) >= 11 is 0. The highest BCUT2D eigenvalue weighted by molar-refractivity contribution is 5.79. The molecular formula is C13H21N5O. The van der Waals surface area contributed by atoms with E-state index in [0.29, 0.717) is 18.3 Å². The number of piperidine rings is 1. The topological polar surface area (TPSA) is 83.3 Å². The van der Waals surface area contributed by atoms with Gasteiger partial charge < -0.3 is 5.73 Å². The first kappa shape index (κ1) is 13.8. The normalized spacial score (nSPS) is 17.1. The number of carbonyl (C=O) groups excluding carboxylic acids is 1. The van der Waals surface area contributed by atoms with E-state index in [-0.39, 0.29) is 5.91 Å². The van der Waals surface area contributed by atoms with Crippen LogP contribution in [0.5, 0.6) is 0 Å². The molecule has 2 heterocycles. The maximum absolute atomic E-state index is 11.8. The third kappa shape index (κ3) is 4.50. The number of rotatable bonds is 5. The Morgan fingerprint density at radius 3 is 2.84 bits per heavy atom. The van der Waals surface area contributed by atoms with Crippen LogP contribution in [0.15, 0.2) is 24.4 Å². The number of hydrazine groups is 1. The molecule has 2 rings (SSSR count). The van der Waals surface area contributed by atoms with Crippen molar-refractivity contribution in [3.05, 3.63) is 24.4 Å². The minimum Gasteiger partial charge on any atom is -0.330 e. The lowest BCUT2D eigenvalue weighted by atomic mass is 9.97. The van der Waals surface area contributed by atoms with Crippen LogP contribution in [0.4, 0.5) is 5.82 Å². The molecule has 1 aromatic heterocycles. The molecule has 0 aliphatic carbocycles. The second kappa shape index (κ2) is 7.06. The first-order valence-electron chi connectivity index (χ1n) is 6.66. The number of hydrogen-bond donors (Lipinski definition) is 3. The number of carbonyl (C=O) groups is 1. The zero-order valence-corrected chi connectivity index (χ0v) is 11.0. The van der Waals surface area contributed by atoms with E-state index in [2.05, 4.69) is 20.7 Å². The van der Waals surface area contributed by atoms with Gasteiger partial charge in [0.25, 0.3) is 5.91 Å². The van der Waals surface area contributed by atoms with E-state index in [9.17, 15) is 4.79 Å². The Balaban J connectivity index is 1.67. The van der Waals surface area contributed by atoms with E-state index in [1.54, 1.807) is 12.3 Å². The first-order chi connectivity index (χ1) is 9.28. The van der Waals surface area contributed by atoms with E-state index in [0.717, 1.165) is 32.5 Å². The molecule has 104 valence electrons. The number of anilines is 1. The average Bonchev–Trinajstić information content (AvgIpc) is 2.47. The third-order valence-corrected chi connectivity index (χ3v) is 3.40. The maximum Gasteiger partial charge on any atom is 0.252 e. The van der Waals surface area contributed by atoms with Crippen LogP contribution in [0.25, 0.3) is 0 Å². The quantitative estimate of drug-likeness (QED) is 0.661. The Bertz CT molecular complexity index is 389. The van der Waals surface area contributed by atoms with Gasteiger partial charge in [-0.2, -0.15) is 0 Å². The van der Waals surface area contributed by atoms with Crippen LogP contribution in [0.3, 0.4) is 0 Å². The molecule has 1 fully saturated rings. The van der Waals surface area contributed by atoms with Crippen molar-refractivity contribution in [2.45, 2.75) is 12.8 Å². The number of amides is 1. The average molecular weight is 263 g/mol. The number of nitrogens with zero attached hydrogens (tertiary/aromatic N) is 2. The van der Waals surface area contributed by atoms with Crippen molar-refractivity contribution in [1.82, 2.24) is 15.3 Å². The largest absolute Gasteiger partial charge is 0.330 e. The molecule has 0 spiro atoms. The van der Waals surface area contributed by atoms with Crippen molar-refractivity contribution in [2.24, 2.45) is 11.7 Å². The van der Waals surface area contributed by atoms with Gasteiger partial charge in [-0.15, -0.1) is 0 Å². The predicted molar refractivity (Wildman–Crippen MR) is 74.2 cm³/mol. The summed E-state index contributed by atoms with van der Waals surface area (Å²) in [5, 5.41) is 0. The van der Waals surface area contributed by atoms with Crippen LogP contribution in [-0.4, -0.2) is 42.0 Å². The lowest BCUT2D eigenvalue weighted by Crippen LogP contribution is -2.43. The van der Waals surface area contributed by atoms with Crippen molar-refractivity contribution >= 4 is 11.7 Å². The number of likely N-dealkylation sites (tertiary alicyclic amines) is 1. The highest BCUT2D eigenvalue weighted by Crippen LogP contribution is 2.15. The molecular weight excluding hydrogens is 242 g/mol. The zero-order chi connectivity index (χ0) is 13.5. The van der Waals surface area contributed by atoms with Crippen LogP contribution in [0.1, 0.15) is 12.8 Å². The van der Waals surface area contributed by atoms with E-state index < -0.39 is 0 Å². The van der Waals surface area contributed by atoms with Gasteiger partial charge in [0.1, 0.15) is 5.82 Å². The summed E-state index contributed by atoms with van der Waals surface area (Å²) in [6.07, 6.45) is 3.83. The summed E-state index contributed by atoms with van der Waals surface area (Å²) in [6.45, 7) is 3.05. The fourth-order valence-corrected chi connectivity index (χ4v) is 2.19. The maximum atomic E-state index is 11.8. The van der Waals surface area contributed by atoms with Gasteiger partial charge in [0.05, 0.1) is 6.54 Å². The fraction of sp³-hybridized carbons (Fsp3) is 0.538. The van der Waals surface area contributed by atoms with Crippen LogP contribution >= 0.6 is 0 Å². The summed E-state index contributed by atoms with van der Waals surface area (Å²) in [5.41, 5.74) is 11.1. The molecule has 0 radical (unpaired) electrons. The van der Waals surface area contributed by atoms with Crippen LogP contribution < -0.4 is 16.6 Å². The van der Waals surface area contributed by atoms with E-state index in [1.807, 2.05) is 12.1 Å². The van der Waals surface area contributed by atoms with Gasteiger partial charge in [-0.1, -0.05) is 6.07 Å². The second-order valence-electron chi connectivity index (χ2n) is 4.84. The van der Waals surface area contributed by atoms with Gasteiger partial charge in [0.15, 0.2) is 0 Å². The summed E-state index contributed by atoms with van der Waals surface area (Å²) in [7, 11) is 0. The Labute approximate surface area is 113 Å². The van der Waals surface area contributed by atoms with Crippen molar-refractivity contribution in [1.29, 1.82) is 0 Å². The molecule has 0 atom stereocenters. The molecule has 1 aliphatic rings. The summed E-state index contributed by atoms with van der Waals surface area (Å²) < 4.78 is 0. The Morgan fingerprint density at radius 2 is 2.21 bits per heavy atom. The molecule has 1 aliphatic heterocycles. The second-order valence-corrected chi connectivity index (χ2v) is 4.84. The smallest absolute Gasteiger partial charge is 0.252 e. The molecule has 0 unspecified atom stereocenters. The summed E-state index contributed by atoms with van der Waals surface area (Å²) in [5.74, 6) is 1.21. The van der Waals surface area contributed by atoms with E-state index in [4.69, 9.17) is 5.73 Å². The number of pyridine rings is 1. The number of hydrogen-bond acceptors (Lipinski definition) is 5. The lowest BCUT2D eigenvalue weighted by Gasteiger charge is -2.30. The highest BCUT2D eigenvalue weighted by atomic mass is 16.2. The summed E-state index contributed by atoms with van der Waals surface area (Å²) in [4.78, 5) is 18.0. The lowest BCUT2D eigenvalue weighted by molar-refractivity contribution is -0.122. The number of nitrogens with two attached hydrogens (primary N) is 1. The Hall–Kier alpha value is -1.66. The molecule has 6 nitrogen and oxygen atoms in total. The van der Waals surface area contributed by atoms with Crippen molar-refractivity contribution in [3.63, 3.8) is 0 Å². The van der Waals surface area contributed by atoms with Gasteiger partial charge in [-0.25, -0.2) is 4.98 Å². The van der Waals surface area contributed by atoms with Crippen LogP contribution in [0, 0.1) is 5.92 Å². The summed E-state index contributed by atoms with van der Waals surface area (Å²) in [6, 6.07) is 5.49. The molecule has 0 saturated carbocycles. The van der Waals surface area contributed by atoms with Gasteiger partial charge >= 0.3 is 0 Å². The first-order valence-corrected chi connectivity index (χ1v) is 6.66. The Morgan fingerprint density at radius 1 is 1.42 bits per heavy atom. The molecule has 6 heteroatoms. The van der Waals surface area contributed by atoms with Crippen LogP contribution in [-0.2, 0) is 4.79 Å². The fourth-order valence-electron chi connectivity index (χ4n) is 2.19. The van der Waals surface area contributed by atoms with Crippen molar-refractivity contribution in [2.75, 3.05) is 31.6 Å². The van der Waals surface area contributed by atoms with E-state index >= 15 is 0 Å². The van der Waals surface area contributed by atoms with Crippen LogP contribution in [0.2, 0.25) is 0 Å². The van der Waals surface area contributed by atoms with Gasteiger partial charge in [-0.3, -0.25) is 20.5 Å². The minimum absolute atomic E-state index is 0.0446. The minimum atomic E-state index is -0.0446. The Kier molecular flexibility index (Phi) is 5.11. The SMILES string of the molecule is NCC1CCN(CC(=O)NNc2ccccn2)CC1. The number of aromatic nitrogens is 1. The van der Waals surface area contributed by atoms with Crippen molar-refractivity contribution < 1.29 is 4.79 Å². The molecule has 1 amide bonds. The molecule has 4 N–H and O–H groups in total.